The fourth-order valence-electron chi connectivity index (χ4n) is 2.02. The summed E-state index contributed by atoms with van der Waals surface area (Å²) in [5.74, 6) is -2.28. The summed E-state index contributed by atoms with van der Waals surface area (Å²) in [4.78, 5) is 23.4. The molecule has 2 aromatic rings. The van der Waals surface area contributed by atoms with Crippen molar-refractivity contribution in [3.05, 3.63) is 71.3 Å². The number of carbonyl (C=O) groups excluding carboxylic acids is 2. The molecule has 0 radical (unpaired) electrons. The first-order valence-electron chi connectivity index (χ1n) is 7.20. The van der Waals surface area contributed by atoms with Crippen LogP contribution in [0.2, 0.25) is 0 Å². The number of aliphatic hydroxyl groups is 1. The van der Waals surface area contributed by atoms with Crippen molar-refractivity contribution in [3.63, 3.8) is 0 Å². The molecule has 2 rings (SSSR count). The van der Waals surface area contributed by atoms with Gasteiger partial charge in [-0.2, -0.15) is 0 Å². The van der Waals surface area contributed by atoms with Gasteiger partial charge in [-0.05, 0) is 24.3 Å². The SMILES string of the molecule is O=C(CNC(=O)c1cccc(F)c1)NCC(O)c1ccccc1F. The molecule has 0 aliphatic heterocycles. The Labute approximate surface area is 137 Å². The topological polar surface area (TPSA) is 78.4 Å². The highest BCUT2D eigenvalue weighted by molar-refractivity contribution is 5.96. The van der Waals surface area contributed by atoms with Crippen molar-refractivity contribution < 1.29 is 23.5 Å². The maximum Gasteiger partial charge on any atom is 0.251 e. The number of carbonyl (C=O) groups is 2. The standard InChI is InChI=1S/C17H16F2N2O3/c18-12-5-3-4-11(8-12)17(24)21-10-16(23)20-9-15(22)13-6-1-2-7-14(13)19/h1-8,15,22H,9-10H2,(H,20,23)(H,21,24). The molecule has 2 amide bonds. The Bertz CT molecular complexity index is 737. The molecule has 7 heteroatoms. The van der Waals surface area contributed by atoms with Gasteiger partial charge in [-0.3, -0.25) is 9.59 Å². The Balaban J connectivity index is 1.79. The van der Waals surface area contributed by atoms with Gasteiger partial charge in [-0.15, -0.1) is 0 Å². The van der Waals surface area contributed by atoms with Crippen LogP contribution in [-0.4, -0.2) is 30.0 Å². The number of hydrogen-bond donors (Lipinski definition) is 3. The highest BCUT2D eigenvalue weighted by Gasteiger charge is 2.14. The summed E-state index contributed by atoms with van der Waals surface area (Å²) in [5, 5.41) is 14.6. The second-order valence-electron chi connectivity index (χ2n) is 5.03. The van der Waals surface area contributed by atoms with Crippen LogP contribution >= 0.6 is 0 Å². The van der Waals surface area contributed by atoms with E-state index in [2.05, 4.69) is 10.6 Å². The van der Waals surface area contributed by atoms with E-state index in [-0.39, 0.29) is 24.2 Å². The minimum Gasteiger partial charge on any atom is -0.386 e. The summed E-state index contributed by atoms with van der Waals surface area (Å²) < 4.78 is 26.5. The maximum absolute atomic E-state index is 13.5. The number of nitrogens with one attached hydrogen (secondary N) is 2. The van der Waals surface area contributed by atoms with Crippen molar-refractivity contribution in [2.45, 2.75) is 6.10 Å². The maximum atomic E-state index is 13.5. The zero-order chi connectivity index (χ0) is 17.5. The molecular weight excluding hydrogens is 318 g/mol. The van der Waals surface area contributed by atoms with Gasteiger partial charge in [-0.1, -0.05) is 24.3 Å². The molecule has 0 aliphatic rings. The minimum absolute atomic E-state index is 0.0709. The van der Waals surface area contributed by atoms with Crippen molar-refractivity contribution >= 4 is 11.8 Å². The lowest BCUT2D eigenvalue weighted by Gasteiger charge is -2.13. The van der Waals surface area contributed by atoms with Crippen LogP contribution < -0.4 is 10.6 Å². The summed E-state index contributed by atoms with van der Waals surface area (Å²) >= 11 is 0. The summed E-state index contributed by atoms with van der Waals surface area (Å²) in [5.41, 5.74) is 0.163. The van der Waals surface area contributed by atoms with Crippen LogP contribution in [0.15, 0.2) is 48.5 Å². The molecule has 2 aromatic carbocycles. The Morgan fingerprint density at radius 2 is 1.79 bits per heavy atom. The second kappa shape index (κ2) is 8.16. The van der Waals surface area contributed by atoms with Crippen molar-refractivity contribution in [3.8, 4) is 0 Å². The predicted octanol–water partition coefficient (Wildman–Crippen LogP) is 1.54. The molecule has 0 heterocycles. The van der Waals surface area contributed by atoms with E-state index in [4.69, 9.17) is 0 Å². The van der Waals surface area contributed by atoms with Gasteiger partial charge in [0.2, 0.25) is 5.91 Å². The van der Waals surface area contributed by atoms with Crippen LogP contribution in [0.5, 0.6) is 0 Å². The van der Waals surface area contributed by atoms with E-state index in [0.717, 1.165) is 6.07 Å². The molecule has 1 unspecified atom stereocenters. The summed E-state index contributed by atoms with van der Waals surface area (Å²) in [6.45, 7) is -0.547. The van der Waals surface area contributed by atoms with Gasteiger partial charge in [0.15, 0.2) is 0 Å². The van der Waals surface area contributed by atoms with Gasteiger partial charge in [-0.25, -0.2) is 8.78 Å². The van der Waals surface area contributed by atoms with E-state index in [1.807, 2.05) is 0 Å². The van der Waals surface area contributed by atoms with Gasteiger partial charge in [0.1, 0.15) is 11.6 Å². The third-order valence-electron chi connectivity index (χ3n) is 3.25. The van der Waals surface area contributed by atoms with E-state index in [9.17, 15) is 23.5 Å². The molecule has 5 nitrogen and oxygen atoms in total. The van der Waals surface area contributed by atoms with Gasteiger partial charge in [0, 0.05) is 17.7 Å². The number of benzene rings is 2. The van der Waals surface area contributed by atoms with Gasteiger partial charge < -0.3 is 15.7 Å². The van der Waals surface area contributed by atoms with E-state index in [0.29, 0.717) is 0 Å². The van der Waals surface area contributed by atoms with Crippen LogP contribution in [0.4, 0.5) is 8.78 Å². The van der Waals surface area contributed by atoms with Crippen molar-refractivity contribution in [2.24, 2.45) is 0 Å². The monoisotopic (exact) mass is 334 g/mol. The normalized spacial score (nSPS) is 11.6. The van der Waals surface area contributed by atoms with Crippen LogP contribution in [0.3, 0.4) is 0 Å². The van der Waals surface area contributed by atoms with Crippen molar-refractivity contribution in [1.82, 2.24) is 10.6 Å². The first-order chi connectivity index (χ1) is 11.5. The quantitative estimate of drug-likeness (QED) is 0.750. The molecule has 3 N–H and O–H groups in total. The van der Waals surface area contributed by atoms with Crippen LogP contribution in [0, 0.1) is 11.6 Å². The molecule has 0 bridgehead atoms. The van der Waals surface area contributed by atoms with Crippen LogP contribution in [-0.2, 0) is 4.79 Å². The number of aliphatic hydroxyl groups excluding tert-OH is 1. The molecule has 126 valence electrons. The molecule has 0 saturated heterocycles. The molecule has 1 atom stereocenters. The number of halogens is 2. The Morgan fingerprint density at radius 1 is 1.04 bits per heavy atom. The van der Waals surface area contributed by atoms with E-state index in [1.54, 1.807) is 6.07 Å². The number of amides is 2. The van der Waals surface area contributed by atoms with Crippen molar-refractivity contribution in [1.29, 1.82) is 0 Å². The third kappa shape index (κ3) is 4.85. The highest BCUT2D eigenvalue weighted by atomic mass is 19.1. The van der Waals surface area contributed by atoms with E-state index >= 15 is 0 Å². The lowest BCUT2D eigenvalue weighted by Crippen LogP contribution is -2.38. The molecular formula is C17H16F2N2O3. The molecule has 0 aromatic heterocycles. The number of rotatable bonds is 6. The summed E-state index contributed by atoms with van der Waals surface area (Å²) in [6.07, 6.45) is -1.20. The second-order valence-corrected chi connectivity index (χ2v) is 5.03. The minimum atomic E-state index is -1.20. The fourth-order valence-corrected chi connectivity index (χ4v) is 2.02. The van der Waals surface area contributed by atoms with Crippen LogP contribution in [0.25, 0.3) is 0 Å². The van der Waals surface area contributed by atoms with Gasteiger partial charge in [0.25, 0.3) is 5.91 Å². The molecule has 0 spiro atoms. The zero-order valence-corrected chi connectivity index (χ0v) is 12.6. The number of hydrogen-bond acceptors (Lipinski definition) is 3. The third-order valence-corrected chi connectivity index (χ3v) is 3.25. The first-order valence-corrected chi connectivity index (χ1v) is 7.20. The van der Waals surface area contributed by atoms with E-state index in [1.165, 1.54) is 36.4 Å². The van der Waals surface area contributed by atoms with Crippen molar-refractivity contribution in [2.75, 3.05) is 13.1 Å². The Hall–Kier alpha value is -2.80. The average Bonchev–Trinajstić information content (AvgIpc) is 2.58. The molecule has 24 heavy (non-hydrogen) atoms. The first kappa shape index (κ1) is 17.6. The largest absolute Gasteiger partial charge is 0.386 e. The Morgan fingerprint density at radius 3 is 2.50 bits per heavy atom. The highest BCUT2D eigenvalue weighted by Crippen LogP contribution is 2.15. The summed E-state index contributed by atoms with van der Waals surface area (Å²) in [7, 11) is 0. The average molecular weight is 334 g/mol. The molecule has 0 fully saturated rings. The lowest BCUT2D eigenvalue weighted by molar-refractivity contribution is -0.120. The van der Waals surface area contributed by atoms with Gasteiger partial charge in [0.05, 0.1) is 12.6 Å². The fraction of sp³-hybridized carbons (Fsp3) is 0.176. The van der Waals surface area contributed by atoms with E-state index < -0.39 is 29.6 Å². The zero-order valence-electron chi connectivity index (χ0n) is 12.6. The Kier molecular flexibility index (Phi) is 5.97. The molecule has 0 aliphatic carbocycles. The molecule has 0 saturated carbocycles. The predicted molar refractivity (Wildman–Crippen MR) is 83.1 cm³/mol. The smallest absolute Gasteiger partial charge is 0.251 e. The summed E-state index contributed by atoms with van der Waals surface area (Å²) in [6, 6.07) is 10.7. The van der Waals surface area contributed by atoms with Crippen LogP contribution in [0.1, 0.15) is 22.0 Å². The van der Waals surface area contributed by atoms with Gasteiger partial charge >= 0.3 is 0 Å². The lowest BCUT2D eigenvalue weighted by atomic mass is 10.1.